The Morgan fingerprint density at radius 2 is 2.16 bits per heavy atom. The summed E-state index contributed by atoms with van der Waals surface area (Å²) >= 11 is 0. The molecule has 6 heteroatoms. The van der Waals surface area contributed by atoms with Gasteiger partial charge in [-0.2, -0.15) is 5.26 Å². The minimum absolute atomic E-state index is 0.0343. The van der Waals surface area contributed by atoms with Crippen LogP contribution < -0.4 is 0 Å². The van der Waals surface area contributed by atoms with Gasteiger partial charge >= 0.3 is 5.97 Å². The Hall–Kier alpha value is -2.42. The number of nitro groups is 1. The number of nitro benzene ring substituents is 1. The van der Waals surface area contributed by atoms with E-state index in [0.717, 1.165) is 0 Å². The second-order valence-electron chi connectivity index (χ2n) is 3.85. The molecule has 1 rings (SSSR count). The van der Waals surface area contributed by atoms with E-state index in [4.69, 9.17) is 10.00 Å². The average molecular weight is 262 g/mol. The Balaban J connectivity index is 3.22. The van der Waals surface area contributed by atoms with Gasteiger partial charge in [0, 0.05) is 6.07 Å². The Labute approximate surface area is 110 Å². The molecule has 0 aliphatic rings. The summed E-state index contributed by atoms with van der Waals surface area (Å²) in [6.45, 7) is 3.75. The Morgan fingerprint density at radius 1 is 1.47 bits per heavy atom. The van der Waals surface area contributed by atoms with E-state index >= 15 is 0 Å². The summed E-state index contributed by atoms with van der Waals surface area (Å²) in [5.41, 5.74) is 0.846. The number of rotatable bonds is 5. The second-order valence-corrected chi connectivity index (χ2v) is 3.85. The minimum Gasteiger partial charge on any atom is -0.466 e. The fraction of sp³-hybridized carbons (Fsp3) is 0.385. The maximum atomic E-state index is 11.4. The summed E-state index contributed by atoms with van der Waals surface area (Å²) in [5, 5.41) is 19.9. The SMILES string of the molecule is CCOC(=O)Cc1cc(CC)c(C#N)c([N+](=O)[O-])c1. The number of hydrogen-bond acceptors (Lipinski definition) is 5. The van der Waals surface area contributed by atoms with Crippen molar-refractivity contribution in [2.24, 2.45) is 0 Å². The summed E-state index contributed by atoms with van der Waals surface area (Å²) in [4.78, 5) is 21.7. The molecule has 0 N–H and O–H groups in total. The topological polar surface area (TPSA) is 93.2 Å². The molecule has 0 spiro atoms. The summed E-state index contributed by atoms with van der Waals surface area (Å²) in [6.07, 6.45) is 0.452. The summed E-state index contributed by atoms with van der Waals surface area (Å²) < 4.78 is 4.80. The number of carbonyl (C=O) groups excluding carboxylic acids is 1. The van der Waals surface area contributed by atoms with Crippen LogP contribution in [-0.2, 0) is 22.4 Å². The van der Waals surface area contributed by atoms with Crippen LogP contribution in [0.1, 0.15) is 30.5 Å². The molecule has 0 saturated carbocycles. The van der Waals surface area contributed by atoms with Gasteiger partial charge in [-0.1, -0.05) is 13.0 Å². The third kappa shape index (κ3) is 3.52. The van der Waals surface area contributed by atoms with Gasteiger partial charge in [0.15, 0.2) is 0 Å². The van der Waals surface area contributed by atoms with Crippen LogP contribution in [0.15, 0.2) is 12.1 Å². The first-order chi connectivity index (χ1) is 9.03. The number of nitrogens with zero attached hydrogens (tertiary/aromatic N) is 2. The first-order valence-electron chi connectivity index (χ1n) is 5.89. The first-order valence-corrected chi connectivity index (χ1v) is 5.89. The summed E-state index contributed by atoms with van der Waals surface area (Å²) in [6, 6.07) is 4.74. The Morgan fingerprint density at radius 3 is 2.63 bits per heavy atom. The van der Waals surface area contributed by atoms with Crippen molar-refractivity contribution < 1.29 is 14.5 Å². The zero-order valence-electron chi connectivity index (χ0n) is 10.8. The van der Waals surface area contributed by atoms with Crippen molar-refractivity contribution in [1.82, 2.24) is 0 Å². The van der Waals surface area contributed by atoms with Gasteiger partial charge in [-0.25, -0.2) is 0 Å². The highest BCUT2D eigenvalue weighted by Gasteiger charge is 2.19. The van der Waals surface area contributed by atoms with E-state index in [9.17, 15) is 14.9 Å². The third-order valence-electron chi connectivity index (χ3n) is 2.60. The van der Waals surface area contributed by atoms with E-state index in [1.54, 1.807) is 19.9 Å². The zero-order chi connectivity index (χ0) is 14.4. The highest BCUT2D eigenvalue weighted by molar-refractivity contribution is 5.73. The summed E-state index contributed by atoms with van der Waals surface area (Å²) in [5.74, 6) is -0.441. The maximum Gasteiger partial charge on any atom is 0.310 e. The molecule has 0 heterocycles. The van der Waals surface area contributed by atoms with Gasteiger partial charge in [0.05, 0.1) is 18.0 Å². The lowest BCUT2D eigenvalue weighted by Gasteiger charge is -2.07. The second kappa shape index (κ2) is 6.50. The van der Waals surface area contributed by atoms with Crippen LogP contribution >= 0.6 is 0 Å². The number of nitriles is 1. The Bertz CT molecular complexity index is 546. The monoisotopic (exact) mass is 262 g/mol. The zero-order valence-corrected chi connectivity index (χ0v) is 10.8. The molecule has 0 aliphatic heterocycles. The standard InChI is InChI=1S/C13H14N2O4/c1-3-10-5-9(7-13(16)19-4-2)6-12(15(17)18)11(10)8-14/h5-6H,3-4,7H2,1-2H3. The molecule has 0 unspecified atom stereocenters. The first kappa shape index (κ1) is 14.6. The van der Waals surface area contributed by atoms with Gasteiger partial charge in [-0.3, -0.25) is 14.9 Å². The van der Waals surface area contributed by atoms with Crippen LogP contribution in [0.5, 0.6) is 0 Å². The molecule has 0 radical (unpaired) electrons. The van der Waals surface area contributed by atoms with E-state index < -0.39 is 10.9 Å². The summed E-state index contributed by atoms with van der Waals surface area (Å²) in [7, 11) is 0. The Kier molecular flexibility index (Phi) is 5.01. The van der Waals surface area contributed by atoms with Crippen molar-refractivity contribution in [3.63, 3.8) is 0 Å². The van der Waals surface area contributed by atoms with Crippen LogP contribution in [0.2, 0.25) is 0 Å². The fourth-order valence-corrected chi connectivity index (χ4v) is 1.78. The van der Waals surface area contributed by atoms with Gasteiger partial charge in [0.25, 0.3) is 5.69 Å². The van der Waals surface area contributed by atoms with E-state index in [1.807, 2.05) is 6.07 Å². The van der Waals surface area contributed by atoms with E-state index in [2.05, 4.69) is 0 Å². The number of ether oxygens (including phenoxy) is 1. The molecular formula is C13H14N2O4. The fourth-order valence-electron chi connectivity index (χ4n) is 1.78. The van der Waals surface area contributed by atoms with Gasteiger partial charge in [-0.05, 0) is 24.5 Å². The number of esters is 1. The number of aryl methyl sites for hydroxylation is 1. The molecule has 0 saturated heterocycles. The molecule has 0 fully saturated rings. The van der Waals surface area contributed by atoms with E-state index in [-0.39, 0.29) is 24.3 Å². The lowest BCUT2D eigenvalue weighted by atomic mass is 9.99. The highest BCUT2D eigenvalue weighted by atomic mass is 16.6. The van der Waals surface area contributed by atoms with Crippen molar-refractivity contribution >= 4 is 11.7 Å². The van der Waals surface area contributed by atoms with Crippen LogP contribution in [0.3, 0.4) is 0 Å². The highest BCUT2D eigenvalue weighted by Crippen LogP contribution is 2.25. The molecule has 0 aromatic heterocycles. The molecule has 1 aromatic rings. The van der Waals surface area contributed by atoms with Crippen molar-refractivity contribution in [3.8, 4) is 6.07 Å². The third-order valence-corrected chi connectivity index (χ3v) is 2.60. The molecule has 100 valence electrons. The molecule has 0 aliphatic carbocycles. The van der Waals surface area contributed by atoms with Gasteiger partial charge < -0.3 is 4.74 Å². The smallest absolute Gasteiger partial charge is 0.310 e. The van der Waals surface area contributed by atoms with Gasteiger partial charge in [-0.15, -0.1) is 0 Å². The van der Waals surface area contributed by atoms with Crippen molar-refractivity contribution in [1.29, 1.82) is 5.26 Å². The van der Waals surface area contributed by atoms with Crippen molar-refractivity contribution in [2.45, 2.75) is 26.7 Å². The number of carbonyl (C=O) groups is 1. The quantitative estimate of drug-likeness (QED) is 0.460. The van der Waals surface area contributed by atoms with E-state index in [1.165, 1.54) is 6.07 Å². The van der Waals surface area contributed by atoms with Gasteiger partial charge in [0.2, 0.25) is 0 Å². The molecule has 0 atom stereocenters. The predicted molar refractivity (Wildman–Crippen MR) is 67.5 cm³/mol. The minimum atomic E-state index is -0.605. The van der Waals surface area contributed by atoms with Crippen LogP contribution in [0, 0.1) is 21.4 Å². The molecule has 0 amide bonds. The molecule has 6 nitrogen and oxygen atoms in total. The lowest BCUT2D eigenvalue weighted by Crippen LogP contribution is -2.09. The molecular weight excluding hydrogens is 248 g/mol. The lowest BCUT2D eigenvalue weighted by molar-refractivity contribution is -0.385. The normalized spacial score (nSPS) is 9.74. The maximum absolute atomic E-state index is 11.4. The van der Waals surface area contributed by atoms with Crippen LogP contribution in [-0.4, -0.2) is 17.5 Å². The van der Waals surface area contributed by atoms with Crippen LogP contribution in [0.25, 0.3) is 0 Å². The van der Waals surface area contributed by atoms with Crippen molar-refractivity contribution in [2.75, 3.05) is 6.61 Å². The van der Waals surface area contributed by atoms with E-state index in [0.29, 0.717) is 17.5 Å². The number of benzene rings is 1. The van der Waals surface area contributed by atoms with Crippen LogP contribution in [0.4, 0.5) is 5.69 Å². The molecule has 19 heavy (non-hydrogen) atoms. The van der Waals surface area contributed by atoms with Gasteiger partial charge in [0.1, 0.15) is 11.6 Å². The van der Waals surface area contributed by atoms with Crippen molar-refractivity contribution in [3.05, 3.63) is 38.9 Å². The molecule has 1 aromatic carbocycles. The predicted octanol–water partition coefficient (Wildman–Crippen LogP) is 2.13. The largest absolute Gasteiger partial charge is 0.466 e. The number of hydrogen-bond donors (Lipinski definition) is 0. The molecule has 0 bridgehead atoms. The average Bonchev–Trinajstić information content (AvgIpc) is 2.37.